The number of aromatic nitrogens is 1. The first-order valence-corrected chi connectivity index (χ1v) is 6.86. The molecule has 1 heterocycles. The van der Waals surface area contributed by atoms with E-state index in [2.05, 4.69) is 61.2 Å². The third-order valence-corrected chi connectivity index (χ3v) is 3.63. The van der Waals surface area contributed by atoms with Crippen LogP contribution in [0.15, 0.2) is 48.5 Å². The third kappa shape index (κ3) is 2.14. The molecule has 96 valence electrons. The maximum absolute atomic E-state index is 4.71. The fourth-order valence-electron chi connectivity index (χ4n) is 2.55. The molecule has 0 aliphatic heterocycles. The monoisotopic (exact) mass is 250 g/mol. The number of anilines is 1. The maximum atomic E-state index is 4.71. The van der Waals surface area contributed by atoms with Crippen LogP contribution in [0.3, 0.4) is 0 Å². The van der Waals surface area contributed by atoms with E-state index in [1.165, 1.54) is 16.5 Å². The lowest BCUT2D eigenvalue weighted by Gasteiger charge is -2.21. The number of rotatable bonds is 3. The second-order valence-electron chi connectivity index (χ2n) is 4.73. The van der Waals surface area contributed by atoms with Gasteiger partial charge in [-0.05, 0) is 44.2 Å². The molecule has 0 saturated heterocycles. The van der Waals surface area contributed by atoms with Crippen LogP contribution in [0.2, 0.25) is 0 Å². The number of pyridine rings is 1. The van der Waals surface area contributed by atoms with Gasteiger partial charge in [0.25, 0.3) is 0 Å². The molecule has 0 unspecified atom stereocenters. The van der Waals surface area contributed by atoms with Crippen LogP contribution in [0, 0.1) is 0 Å². The molecular weight excluding hydrogens is 232 g/mol. The Hall–Kier alpha value is -2.09. The molecule has 0 spiro atoms. The van der Waals surface area contributed by atoms with Gasteiger partial charge < -0.3 is 4.90 Å². The summed E-state index contributed by atoms with van der Waals surface area (Å²) in [6.45, 7) is 6.44. The summed E-state index contributed by atoms with van der Waals surface area (Å²) >= 11 is 0. The number of fused-ring (bicyclic) bond motifs is 2. The van der Waals surface area contributed by atoms with E-state index in [-0.39, 0.29) is 0 Å². The molecule has 0 atom stereocenters. The highest BCUT2D eigenvalue weighted by Crippen LogP contribution is 2.24. The van der Waals surface area contributed by atoms with Gasteiger partial charge in [-0.2, -0.15) is 0 Å². The minimum Gasteiger partial charge on any atom is -0.372 e. The average Bonchev–Trinajstić information content (AvgIpc) is 2.46. The molecule has 0 radical (unpaired) electrons. The number of hydrogen-bond acceptors (Lipinski definition) is 2. The molecule has 2 aromatic carbocycles. The van der Waals surface area contributed by atoms with Crippen molar-refractivity contribution in [1.82, 2.24) is 4.98 Å². The fourth-order valence-corrected chi connectivity index (χ4v) is 2.55. The van der Waals surface area contributed by atoms with E-state index >= 15 is 0 Å². The highest BCUT2D eigenvalue weighted by Gasteiger charge is 2.04. The SMILES string of the molecule is CCN(CC)c1ccc2nc3ccccc3cc2c1. The van der Waals surface area contributed by atoms with Crippen molar-refractivity contribution in [3.8, 4) is 0 Å². The summed E-state index contributed by atoms with van der Waals surface area (Å²) in [5.41, 5.74) is 3.40. The van der Waals surface area contributed by atoms with Gasteiger partial charge in [-0.25, -0.2) is 4.98 Å². The minimum absolute atomic E-state index is 1.03. The van der Waals surface area contributed by atoms with Gasteiger partial charge in [0.1, 0.15) is 0 Å². The van der Waals surface area contributed by atoms with Gasteiger partial charge in [0.05, 0.1) is 11.0 Å². The van der Waals surface area contributed by atoms with Crippen molar-refractivity contribution >= 4 is 27.5 Å². The first kappa shape index (κ1) is 12.0. The van der Waals surface area contributed by atoms with Crippen molar-refractivity contribution in [1.29, 1.82) is 0 Å². The fraction of sp³-hybridized carbons (Fsp3) is 0.235. The van der Waals surface area contributed by atoms with E-state index in [0.717, 1.165) is 24.1 Å². The molecule has 2 heteroatoms. The quantitative estimate of drug-likeness (QED) is 0.646. The molecular formula is C17H18N2. The highest BCUT2D eigenvalue weighted by molar-refractivity contribution is 5.94. The Kier molecular flexibility index (Phi) is 3.08. The Labute approximate surface area is 113 Å². The third-order valence-electron chi connectivity index (χ3n) is 3.63. The van der Waals surface area contributed by atoms with Crippen molar-refractivity contribution in [3.63, 3.8) is 0 Å². The molecule has 0 amide bonds. The molecule has 0 N–H and O–H groups in total. The summed E-state index contributed by atoms with van der Waals surface area (Å²) in [4.78, 5) is 7.07. The molecule has 0 bridgehead atoms. The Morgan fingerprint density at radius 3 is 2.37 bits per heavy atom. The minimum atomic E-state index is 1.03. The first-order chi connectivity index (χ1) is 9.31. The molecule has 3 rings (SSSR count). The molecule has 1 aromatic heterocycles. The van der Waals surface area contributed by atoms with Crippen LogP contribution in [0.4, 0.5) is 5.69 Å². The summed E-state index contributed by atoms with van der Waals surface area (Å²) in [5.74, 6) is 0. The molecule has 0 aliphatic rings. The van der Waals surface area contributed by atoms with Crippen LogP contribution in [0.5, 0.6) is 0 Å². The summed E-state index contributed by atoms with van der Waals surface area (Å²) in [7, 11) is 0. The van der Waals surface area contributed by atoms with Gasteiger partial charge in [0, 0.05) is 29.5 Å². The van der Waals surface area contributed by atoms with Gasteiger partial charge in [0.15, 0.2) is 0 Å². The van der Waals surface area contributed by atoms with Crippen molar-refractivity contribution in [3.05, 3.63) is 48.5 Å². The average molecular weight is 250 g/mol. The number of nitrogens with zero attached hydrogens (tertiary/aromatic N) is 2. The van der Waals surface area contributed by atoms with Crippen LogP contribution >= 0.6 is 0 Å². The molecule has 19 heavy (non-hydrogen) atoms. The summed E-state index contributed by atoms with van der Waals surface area (Å²) in [6.07, 6.45) is 0. The maximum Gasteiger partial charge on any atom is 0.0711 e. The van der Waals surface area contributed by atoms with Crippen LogP contribution in [0.25, 0.3) is 21.8 Å². The predicted octanol–water partition coefficient (Wildman–Crippen LogP) is 4.23. The first-order valence-electron chi connectivity index (χ1n) is 6.86. The van der Waals surface area contributed by atoms with Crippen LogP contribution in [-0.2, 0) is 0 Å². The van der Waals surface area contributed by atoms with Crippen molar-refractivity contribution in [2.45, 2.75) is 13.8 Å². The standard InChI is InChI=1S/C17H18N2/c1-3-19(4-2)15-9-10-17-14(12-15)11-13-7-5-6-8-16(13)18-17/h5-12H,3-4H2,1-2H3. The zero-order valence-corrected chi connectivity index (χ0v) is 11.4. The van der Waals surface area contributed by atoms with E-state index in [1.54, 1.807) is 0 Å². The second-order valence-corrected chi connectivity index (χ2v) is 4.73. The number of hydrogen-bond donors (Lipinski definition) is 0. The molecule has 3 aromatic rings. The Morgan fingerprint density at radius 1 is 0.842 bits per heavy atom. The smallest absolute Gasteiger partial charge is 0.0711 e. The van der Waals surface area contributed by atoms with Gasteiger partial charge in [0.2, 0.25) is 0 Å². The number of benzene rings is 2. The second kappa shape index (κ2) is 4.88. The van der Waals surface area contributed by atoms with Crippen LogP contribution in [0.1, 0.15) is 13.8 Å². The topological polar surface area (TPSA) is 16.1 Å². The van der Waals surface area contributed by atoms with Gasteiger partial charge in [-0.1, -0.05) is 18.2 Å². The lowest BCUT2D eigenvalue weighted by atomic mass is 10.1. The van der Waals surface area contributed by atoms with Crippen molar-refractivity contribution in [2.24, 2.45) is 0 Å². The normalized spacial score (nSPS) is 11.1. The predicted molar refractivity (Wildman–Crippen MR) is 82.8 cm³/mol. The van der Waals surface area contributed by atoms with E-state index in [0.29, 0.717) is 0 Å². The van der Waals surface area contributed by atoms with Gasteiger partial charge in [-0.3, -0.25) is 0 Å². The zero-order chi connectivity index (χ0) is 13.2. The molecule has 0 aliphatic carbocycles. The van der Waals surface area contributed by atoms with E-state index in [4.69, 9.17) is 4.98 Å². The molecule has 2 nitrogen and oxygen atoms in total. The zero-order valence-electron chi connectivity index (χ0n) is 11.4. The van der Waals surface area contributed by atoms with Gasteiger partial charge >= 0.3 is 0 Å². The summed E-state index contributed by atoms with van der Waals surface area (Å²) < 4.78 is 0. The van der Waals surface area contributed by atoms with Gasteiger partial charge in [-0.15, -0.1) is 0 Å². The molecule has 0 saturated carbocycles. The van der Waals surface area contributed by atoms with E-state index < -0.39 is 0 Å². The van der Waals surface area contributed by atoms with Crippen molar-refractivity contribution < 1.29 is 0 Å². The van der Waals surface area contributed by atoms with Crippen molar-refractivity contribution in [2.75, 3.05) is 18.0 Å². The Morgan fingerprint density at radius 2 is 1.58 bits per heavy atom. The van der Waals surface area contributed by atoms with Crippen LogP contribution in [-0.4, -0.2) is 18.1 Å². The lowest BCUT2D eigenvalue weighted by molar-refractivity contribution is 0.867. The highest BCUT2D eigenvalue weighted by atomic mass is 15.1. The summed E-state index contributed by atoms with van der Waals surface area (Å²) in [5, 5.41) is 2.41. The largest absolute Gasteiger partial charge is 0.372 e. The summed E-state index contributed by atoms with van der Waals surface area (Å²) in [6, 6.07) is 17.0. The van der Waals surface area contributed by atoms with E-state index in [1.807, 2.05) is 6.07 Å². The number of para-hydroxylation sites is 1. The Bertz CT molecular complexity index is 715. The van der Waals surface area contributed by atoms with Crippen LogP contribution < -0.4 is 4.90 Å². The molecule has 0 fully saturated rings. The Balaban J connectivity index is 2.19. The lowest BCUT2D eigenvalue weighted by Crippen LogP contribution is -2.21. The van der Waals surface area contributed by atoms with E-state index in [9.17, 15) is 0 Å².